The summed E-state index contributed by atoms with van der Waals surface area (Å²) in [5.41, 5.74) is 2.35. The van der Waals surface area contributed by atoms with Crippen LogP contribution in [0.1, 0.15) is 40.0 Å². The van der Waals surface area contributed by atoms with E-state index in [9.17, 15) is 4.79 Å². The maximum absolute atomic E-state index is 11.8. The fourth-order valence-corrected chi connectivity index (χ4v) is 1.77. The fraction of sp³-hybridized carbons (Fsp3) is 0.909. The largest absolute Gasteiger partial charge is 0.444 e. The first kappa shape index (κ1) is 13.3. The van der Waals surface area contributed by atoms with Crippen molar-refractivity contribution in [1.82, 2.24) is 10.3 Å². The maximum atomic E-state index is 11.8. The number of ether oxygens (including phenoxy) is 1. The Hall–Kier alpha value is -0.810. The van der Waals surface area contributed by atoms with Gasteiger partial charge in [-0.1, -0.05) is 0 Å². The van der Waals surface area contributed by atoms with Crippen LogP contribution in [0.25, 0.3) is 0 Å². The van der Waals surface area contributed by atoms with Crippen LogP contribution in [-0.2, 0) is 4.74 Å². The number of rotatable bonds is 1. The van der Waals surface area contributed by atoms with Crippen molar-refractivity contribution in [1.29, 1.82) is 0 Å². The second kappa shape index (κ2) is 5.50. The zero-order chi connectivity index (χ0) is 12.2. The van der Waals surface area contributed by atoms with Crippen LogP contribution in [0.3, 0.4) is 0 Å². The summed E-state index contributed by atoms with van der Waals surface area (Å²) in [5, 5.41) is 0. The summed E-state index contributed by atoms with van der Waals surface area (Å²) in [6.07, 6.45) is 2.64. The molecule has 5 nitrogen and oxygen atoms in total. The standard InChI is InChI=1S/C11H23N3O2/c1-11(2,3)16-10(15)14-7-4-5-9(13-12)6-8-14/h9,13H,4-8,12H2,1-3H3. The Balaban J connectivity index is 2.45. The highest BCUT2D eigenvalue weighted by molar-refractivity contribution is 5.68. The van der Waals surface area contributed by atoms with Gasteiger partial charge in [0.15, 0.2) is 0 Å². The van der Waals surface area contributed by atoms with Crippen molar-refractivity contribution in [2.45, 2.75) is 51.7 Å². The fourth-order valence-electron chi connectivity index (χ4n) is 1.77. The van der Waals surface area contributed by atoms with Crippen LogP contribution in [0.2, 0.25) is 0 Å². The average Bonchev–Trinajstić information content (AvgIpc) is 2.39. The Morgan fingerprint density at radius 2 is 2.06 bits per heavy atom. The van der Waals surface area contributed by atoms with Crippen LogP contribution in [-0.4, -0.2) is 35.7 Å². The van der Waals surface area contributed by atoms with E-state index in [-0.39, 0.29) is 6.09 Å². The number of carbonyl (C=O) groups is 1. The van der Waals surface area contributed by atoms with Crippen LogP contribution in [0, 0.1) is 0 Å². The summed E-state index contributed by atoms with van der Waals surface area (Å²) >= 11 is 0. The van der Waals surface area contributed by atoms with Gasteiger partial charge in [-0.2, -0.15) is 0 Å². The molecule has 1 aliphatic rings. The van der Waals surface area contributed by atoms with Gasteiger partial charge in [-0.05, 0) is 40.0 Å². The highest BCUT2D eigenvalue weighted by atomic mass is 16.6. The highest BCUT2D eigenvalue weighted by Gasteiger charge is 2.24. The molecule has 1 rings (SSSR count). The van der Waals surface area contributed by atoms with Gasteiger partial charge in [0.2, 0.25) is 0 Å². The minimum atomic E-state index is -0.422. The summed E-state index contributed by atoms with van der Waals surface area (Å²) in [6, 6.07) is 0.312. The molecular weight excluding hydrogens is 206 g/mol. The van der Waals surface area contributed by atoms with Crippen LogP contribution in [0.5, 0.6) is 0 Å². The lowest BCUT2D eigenvalue weighted by Gasteiger charge is -2.26. The van der Waals surface area contributed by atoms with E-state index in [0.717, 1.165) is 25.8 Å². The number of likely N-dealkylation sites (tertiary alicyclic amines) is 1. The van der Waals surface area contributed by atoms with Crippen LogP contribution in [0.15, 0.2) is 0 Å². The predicted octanol–water partition coefficient (Wildman–Crippen LogP) is 1.24. The topological polar surface area (TPSA) is 67.6 Å². The summed E-state index contributed by atoms with van der Waals surface area (Å²) in [4.78, 5) is 13.6. The Bertz CT molecular complexity index is 238. The minimum absolute atomic E-state index is 0.217. The Morgan fingerprint density at radius 1 is 1.38 bits per heavy atom. The SMILES string of the molecule is CC(C)(C)OC(=O)N1CCCC(NN)CC1. The summed E-state index contributed by atoms with van der Waals surface area (Å²) in [7, 11) is 0. The van der Waals surface area contributed by atoms with Gasteiger partial charge in [0.1, 0.15) is 5.60 Å². The van der Waals surface area contributed by atoms with Gasteiger partial charge in [0.05, 0.1) is 0 Å². The number of hydrogen-bond acceptors (Lipinski definition) is 4. The van der Waals surface area contributed by atoms with E-state index in [4.69, 9.17) is 10.6 Å². The zero-order valence-corrected chi connectivity index (χ0v) is 10.5. The van der Waals surface area contributed by atoms with Crippen LogP contribution in [0.4, 0.5) is 4.79 Å². The van der Waals surface area contributed by atoms with Crippen molar-refractivity contribution in [3.63, 3.8) is 0 Å². The van der Waals surface area contributed by atoms with Gasteiger partial charge < -0.3 is 9.64 Å². The van der Waals surface area contributed by atoms with Crippen molar-refractivity contribution >= 4 is 6.09 Å². The number of nitrogens with one attached hydrogen (secondary N) is 1. The molecule has 1 saturated heterocycles. The maximum Gasteiger partial charge on any atom is 0.410 e. The second-order valence-electron chi connectivity index (χ2n) is 5.26. The third-order valence-electron chi connectivity index (χ3n) is 2.62. The molecule has 0 radical (unpaired) electrons. The third-order valence-corrected chi connectivity index (χ3v) is 2.62. The van der Waals surface area contributed by atoms with Crippen LogP contribution < -0.4 is 11.3 Å². The lowest BCUT2D eigenvalue weighted by atomic mass is 10.1. The number of hydrazine groups is 1. The third kappa shape index (κ3) is 4.37. The van der Waals surface area contributed by atoms with E-state index in [1.807, 2.05) is 20.8 Å². The Labute approximate surface area is 97.3 Å². The molecule has 0 aromatic carbocycles. The predicted molar refractivity (Wildman–Crippen MR) is 62.8 cm³/mol. The van der Waals surface area contributed by atoms with Gasteiger partial charge in [0.25, 0.3) is 0 Å². The molecule has 0 aliphatic carbocycles. The summed E-state index contributed by atoms with van der Waals surface area (Å²) in [5.74, 6) is 5.41. The first-order chi connectivity index (χ1) is 7.42. The van der Waals surface area contributed by atoms with Gasteiger partial charge in [-0.15, -0.1) is 0 Å². The number of amides is 1. The van der Waals surface area contributed by atoms with E-state index in [1.165, 1.54) is 0 Å². The van der Waals surface area contributed by atoms with E-state index in [1.54, 1.807) is 4.90 Å². The van der Waals surface area contributed by atoms with E-state index >= 15 is 0 Å². The van der Waals surface area contributed by atoms with Crippen molar-refractivity contribution in [2.75, 3.05) is 13.1 Å². The van der Waals surface area contributed by atoms with Crippen LogP contribution >= 0.6 is 0 Å². The van der Waals surface area contributed by atoms with Crippen molar-refractivity contribution in [3.8, 4) is 0 Å². The first-order valence-corrected chi connectivity index (χ1v) is 5.86. The molecule has 0 spiro atoms. The van der Waals surface area contributed by atoms with E-state index < -0.39 is 5.60 Å². The number of nitrogens with two attached hydrogens (primary N) is 1. The number of nitrogens with zero attached hydrogens (tertiary/aromatic N) is 1. The minimum Gasteiger partial charge on any atom is -0.444 e. The molecule has 1 atom stereocenters. The Morgan fingerprint density at radius 3 is 2.62 bits per heavy atom. The van der Waals surface area contributed by atoms with Gasteiger partial charge in [0, 0.05) is 19.1 Å². The van der Waals surface area contributed by atoms with Crippen molar-refractivity contribution in [3.05, 3.63) is 0 Å². The molecule has 1 heterocycles. The molecule has 1 unspecified atom stereocenters. The monoisotopic (exact) mass is 229 g/mol. The molecule has 3 N–H and O–H groups in total. The molecule has 0 saturated carbocycles. The Kier molecular flexibility index (Phi) is 4.56. The molecule has 0 aromatic heterocycles. The molecule has 0 bridgehead atoms. The molecule has 1 aliphatic heterocycles. The lowest BCUT2D eigenvalue weighted by molar-refractivity contribution is 0.0256. The molecular formula is C11H23N3O2. The second-order valence-corrected chi connectivity index (χ2v) is 5.26. The molecule has 16 heavy (non-hydrogen) atoms. The zero-order valence-electron chi connectivity index (χ0n) is 10.5. The molecule has 0 aromatic rings. The quantitative estimate of drug-likeness (QED) is 0.524. The van der Waals surface area contributed by atoms with E-state index in [2.05, 4.69) is 5.43 Å². The number of hydrogen-bond donors (Lipinski definition) is 2. The highest BCUT2D eigenvalue weighted by Crippen LogP contribution is 2.14. The van der Waals surface area contributed by atoms with Crippen molar-refractivity contribution in [2.24, 2.45) is 5.84 Å². The van der Waals surface area contributed by atoms with Crippen molar-refractivity contribution < 1.29 is 9.53 Å². The smallest absolute Gasteiger partial charge is 0.410 e. The normalized spacial score (nSPS) is 22.8. The van der Waals surface area contributed by atoms with Gasteiger partial charge in [-0.3, -0.25) is 11.3 Å². The molecule has 1 amide bonds. The summed E-state index contributed by atoms with van der Waals surface area (Å²) in [6.45, 7) is 7.11. The molecule has 5 heteroatoms. The lowest BCUT2D eigenvalue weighted by Crippen LogP contribution is -2.39. The van der Waals surface area contributed by atoms with Gasteiger partial charge in [-0.25, -0.2) is 4.79 Å². The average molecular weight is 229 g/mol. The first-order valence-electron chi connectivity index (χ1n) is 5.86. The summed E-state index contributed by atoms with van der Waals surface area (Å²) < 4.78 is 5.34. The molecule has 1 fully saturated rings. The van der Waals surface area contributed by atoms with Gasteiger partial charge >= 0.3 is 6.09 Å². The number of carbonyl (C=O) groups excluding carboxylic acids is 1. The molecule has 94 valence electrons. The van der Waals surface area contributed by atoms with E-state index in [0.29, 0.717) is 12.6 Å².